The highest BCUT2D eigenvalue weighted by Gasteiger charge is 1.98. The summed E-state index contributed by atoms with van der Waals surface area (Å²) in [7, 11) is 0. The molecule has 2 aromatic rings. The van der Waals surface area contributed by atoms with E-state index in [1.807, 2.05) is 25.1 Å². The predicted molar refractivity (Wildman–Crippen MR) is 97.3 cm³/mol. The molecule has 0 heterocycles. The quantitative estimate of drug-likeness (QED) is 0.504. The fraction of sp³-hybridized carbons (Fsp3) is 0.222. The van der Waals surface area contributed by atoms with E-state index in [9.17, 15) is 0 Å². The first-order valence-electron chi connectivity index (χ1n) is 7.34. The van der Waals surface area contributed by atoms with Gasteiger partial charge in [0.2, 0.25) is 0 Å². The van der Waals surface area contributed by atoms with E-state index in [1.54, 1.807) is 0 Å². The highest BCUT2D eigenvalue weighted by molar-refractivity contribution is 7.80. The Morgan fingerprint density at radius 2 is 1.73 bits per heavy atom. The Bertz CT molecular complexity index is 633. The zero-order valence-electron chi connectivity index (χ0n) is 13.0. The number of hydrogen-bond donors (Lipinski definition) is 2. The summed E-state index contributed by atoms with van der Waals surface area (Å²) >= 11 is 5.23. The van der Waals surface area contributed by atoms with Crippen molar-refractivity contribution in [1.82, 2.24) is 10.7 Å². The van der Waals surface area contributed by atoms with Crippen LogP contribution in [0.3, 0.4) is 0 Å². The highest BCUT2D eigenvalue weighted by atomic mass is 32.1. The van der Waals surface area contributed by atoms with Crippen LogP contribution in [0.25, 0.3) is 0 Å². The van der Waals surface area contributed by atoms with Gasteiger partial charge in [0.1, 0.15) is 0 Å². The summed E-state index contributed by atoms with van der Waals surface area (Å²) in [5.41, 5.74) is 7.42. The van der Waals surface area contributed by atoms with Crippen LogP contribution in [-0.2, 0) is 6.42 Å². The Balaban J connectivity index is 1.77. The number of hydrogen-bond acceptors (Lipinski definition) is 2. The van der Waals surface area contributed by atoms with Crippen LogP contribution in [0.1, 0.15) is 23.6 Å². The molecule has 0 fully saturated rings. The molecule has 0 unspecified atom stereocenters. The van der Waals surface area contributed by atoms with Gasteiger partial charge >= 0.3 is 0 Å². The molecular formula is C18H21N3S. The zero-order valence-corrected chi connectivity index (χ0v) is 13.8. The van der Waals surface area contributed by atoms with E-state index >= 15 is 0 Å². The molecule has 0 amide bonds. The van der Waals surface area contributed by atoms with Gasteiger partial charge in [-0.2, -0.15) is 5.10 Å². The number of nitrogens with one attached hydrogen (secondary N) is 2. The molecule has 114 valence electrons. The second-order valence-corrected chi connectivity index (χ2v) is 5.57. The third-order valence-corrected chi connectivity index (χ3v) is 3.57. The van der Waals surface area contributed by atoms with E-state index in [0.29, 0.717) is 5.11 Å². The number of rotatable bonds is 5. The third-order valence-electron chi connectivity index (χ3n) is 3.34. The Hall–Kier alpha value is -2.20. The molecule has 0 bridgehead atoms. The van der Waals surface area contributed by atoms with Crippen molar-refractivity contribution in [3.05, 3.63) is 71.3 Å². The van der Waals surface area contributed by atoms with Gasteiger partial charge in [0.15, 0.2) is 5.11 Å². The molecule has 2 N–H and O–H groups in total. The Morgan fingerprint density at radius 1 is 1.05 bits per heavy atom. The number of thiocarbonyl (C=S) groups is 1. The van der Waals surface area contributed by atoms with Crippen molar-refractivity contribution < 1.29 is 0 Å². The van der Waals surface area contributed by atoms with Crippen molar-refractivity contribution in [2.24, 2.45) is 5.10 Å². The molecule has 3 nitrogen and oxygen atoms in total. The molecule has 0 radical (unpaired) electrons. The van der Waals surface area contributed by atoms with E-state index in [1.165, 1.54) is 11.1 Å². The lowest BCUT2D eigenvalue weighted by molar-refractivity contribution is 0.836. The largest absolute Gasteiger partial charge is 0.361 e. The first-order chi connectivity index (χ1) is 10.6. The average Bonchev–Trinajstić information content (AvgIpc) is 2.54. The molecule has 2 rings (SSSR count). The fourth-order valence-corrected chi connectivity index (χ4v) is 2.15. The number of benzene rings is 2. The van der Waals surface area contributed by atoms with E-state index in [2.05, 4.69) is 59.2 Å². The summed E-state index contributed by atoms with van der Waals surface area (Å²) in [6.45, 7) is 4.82. The molecule has 22 heavy (non-hydrogen) atoms. The highest BCUT2D eigenvalue weighted by Crippen LogP contribution is 2.04. The van der Waals surface area contributed by atoms with Crippen LogP contribution in [0, 0.1) is 6.92 Å². The van der Waals surface area contributed by atoms with Crippen molar-refractivity contribution in [2.75, 3.05) is 6.54 Å². The van der Waals surface area contributed by atoms with Gasteiger partial charge in [-0.25, -0.2) is 0 Å². The Morgan fingerprint density at radius 3 is 2.41 bits per heavy atom. The van der Waals surface area contributed by atoms with Crippen LogP contribution in [0.5, 0.6) is 0 Å². The average molecular weight is 311 g/mol. The summed E-state index contributed by atoms with van der Waals surface area (Å²) in [6, 6.07) is 18.6. The zero-order chi connectivity index (χ0) is 15.8. The lowest BCUT2D eigenvalue weighted by Gasteiger charge is -2.08. The van der Waals surface area contributed by atoms with Crippen molar-refractivity contribution in [1.29, 1.82) is 0 Å². The number of aryl methyl sites for hydroxylation is 1. The van der Waals surface area contributed by atoms with Gasteiger partial charge < -0.3 is 5.32 Å². The van der Waals surface area contributed by atoms with Crippen molar-refractivity contribution in [3.63, 3.8) is 0 Å². The standard InChI is InChI=1S/C18H21N3S/c1-14-8-10-17(11-9-14)15(2)20-21-18(22)19-13-12-16-6-4-3-5-7-16/h3-11H,12-13H2,1-2H3,(H2,19,21,22). The van der Waals surface area contributed by atoms with Crippen LogP contribution < -0.4 is 10.7 Å². The van der Waals surface area contributed by atoms with Crippen molar-refractivity contribution in [3.8, 4) is 0 Å². The number of hydrazone groups is 1. The maximum Gasteiger partial charge on any atom is 0.186 e. The molecule has 2 aromatic carbocycles. The van der Waals surface area contributed by atoms with E-state index < -0.39 is 0 Å². The van der Waals surface area contributed by atoms with Crippen molar-refractivity contribution >= 4 is 23.0 Å². The molecule has 0 saturated carbocycles. The summed E-state index contributed by atoms with van der Waals surface area (Å²) < 4.78 is 0. The SMILES string of the molecule is CC(=NNC(=S)NCCc1ccccc1)c1ccc(C)cc1. The summed E-state index contributed by atoms with van der Waals surface area (Å²) in [6.07, 6.45) is 0.934. The van der Waals surface area contributed by atoms with Gasteiger partial charge in [-0.1, -0.05) is 60.2 Å². The van der Waals surface area contributed by atoms with Crippen LogP contribution >= 0.6 is 12.2 Å². The van der Waals surface area contributed by atoms with Gasteiger partial charge in [-0.05, 0) is 43.6 Å². The van der Waals surface area contributed by atoms with Crippen LogP contribution in [-0.4, -0.2) is 17.4 Å². The fourth-order valence-electron chi connectivity index (χ4n) is 2.00. The summed E-state index contributed by atoms with van der Waals surface area (Å²) in [5, 5.41) is 8.02. The summed E-state index contributed by atoms with van der Waals surface area (Å²) in [5.74, 6) is 0. The lowest BCUT2D eigenvalue weighted by atomic mass is 10.1. The first-order valence-corrected chi connectivity index (χ1v) is 7.75. The summed E-state index contributed by atoms with van der Waals surface area (Å²) in [4.78, 5) is 0. The van der Waals surface area contributed by atoms with E-state index in [4.69, 9.17) is 12.2 Å². The molecular weight excluding hydrogens is 290 g/mol. The topological polar surface area (TPSA) is 36.4 Å². The van der Waals surface area contributed by atoms with E-state index in [-0.39, 0.29) is 0 Å². The van der Waals surface area contributed by atoms with Crippen LogP contribution in [0.2, 0.25) is 0 Å². The smallest absolute Gasteiger partial charge is 0.186 e. The molecule has 4 heteroatoms. The predicted octanol–water partition coefficient (Wildman–Crippen LogP) is 3.43. The second-order valence-electron chi connectivity index (χ2n) is 5.17. The normalized spacial score (nSPS) is 11.1. The van der Waals surface area contributed by atoms with E-state index in [0.717, 1.165) is 24.2 Å². The molecule has 0 aromatic heterocycles. The molecule has 0 atom stereocenters. The molecule has 0 spiro atoms. The van der Waals surface area contributed by atoms with Crippen LogP contribution in [0.4, 0.5) is 0 Å². The maximum absolute atomic E-state index is 5.23. The number of nitrogens with zero attached hydrogens (tertiary/aromatic N) is 1. The molecule has 0 aliphatic carbocycles. The minimum Gasteiger partial charge on any atom is -0.361 e. The third kappa shape index (κ3) is 5.30. The Labute approximate surface area is 137 Å². The van der Waals surface area contributed by atoms with Gasteiger partial charge in [0.05, 0.1) is 5.71 Å². The Kier molecular flexibility index (Phi) is 6.10. The minimum atomic E-state index is 0.544. The van der Waals surface area contributed by atoms with Gasteiger partial charge in [-0.15, -0.1) is 0 Å². The molecule has 0 aliphatic heterocycles. The molecule has 0 aliphatic rings. The van der Waals surface area contributed by atoms with Gasteiger partial charge in [-0.3, -0.25) is 5.43 Å². The monoisotopic (exact) mass is 311 g/mol. The molecule has 0 saturated heterocycles. The maximum atomic E-state index is 5.23. The van der Waals surface area contributed by atoms with Crippen molar-refractivity contribution in [2.45, 2.75) is 20.3 Å². The second kappa shape index (κ2) is 8.29. The van der Waals surface area contributed by atoms with Crippen LogP contribution in [0.15, 0.2) is 59.7 Å². The van der Waals surface area contributed by atoms with Gasteiger partial charge in [0.25, 0.3) is 0 Å². The lowest BCUT2D eigenvalue weighted by Crippen LogP contribution is -2.33. The first kappa shape index (κ1) is 16.2. The minimum absolute atomic E-state index is 0.544. The van der Waals surface area contributed by atoms with Gasteiger partial charge in [0, 0.05) is 6.54 Å².